The van der Waals surface area contributed by atoms with Crippen LogP contribution in [0, 0.1) is 11.3 Å². The number of rotatable bonds is 3. The van der Waals surface area contributed by atoms with Crippen LogP contribution in [-0.4, -0.2) is 25.7 Å². The maximum Gasteiger partial charge on any atom is 0.0142 e. The fraction of sp³-hybridized carbons (Fsp3) is 1.00. The molecule has 13 heavy (non-hydrogen) atoms. The number of hydrogen-bond donors (Lipinski definition) is 2. The highest BCUT2D eigenvalue weighted by Gasteiger charge is 2.33. The van der Waals surface area contributed by atoms with Crippen LogP contribution in [0.5, 0.6) is 0 Å². The Morgan fingerprint density at radius 3 is 2.69 bits per heavy atom. The summed E-state index contributed by atoms with van der Waals surface area (Å²) in [5.41, 5.74) is 0.438. The highest BCUT2D eigenvalue weighted by atomic mass is 15.0. The molecule has 2 heteroatoms. The molecule has 1 heterocycles. The number of hydrogen-bond acceptors (Lipinski definition) is 2. The second kappa shape index (κ2) is 3.58. The van der Waals surface area contributed by atoms with Crippen molar-refractivity contribution in [3.05, 3.63) is 0 Å². The van der Waals surface area contributed by atoms with Gasteiger partial charge in [-0.05, 0) is 43.7 Å². The Hall–Kier alpha value is -0.0800. The van der Waals surface area contributed by atoms with Gasteiger partial charge in [0.05, 0.1) is 0 Å². The Morgan fingerprint density at radius 2 is 2.08 bits per heavy atom. The van der Waals surface area contributed by atoms with E-state index < -0.39 is 0 Å². The van der Waals surface area contributed by atoms with Crippen molar-refractivity contribution in [2.45, 2.75) is 39.2 Å². The quantitative estimate of drug-likeness (QED) is 0.689. The molecule has 0 amide bonds. The lowest BCUT2D eigenvalue weighted by molar-refractivity contribution is 0.184. The van der Waals surface area contributed by atoms with Gasteiger partial charge in [0.1, 0.15) is 0 Å². The predicted molar refractivity (Wildman–Crippen MR) is 55.8 cm³/mol. The van der Waals surface area contributed by atoms with Gasteiger partial charge in [0.2, 0.25) is 0 Å². The SMILES string of the molecule is CC1(C)CNCCC1NCC1CC1. The van der Waals surface area contributed by atoms with Crippen molar-refractivity contribution in [3.63, 3.8) is 0 Å². The highest BCUT2D eigenvalue weighted by molar-refractivity contribution is 4.91. The van der Waals surface area contributed by atoms with E-state index in [0.29, 0.717) is 5.41 Å². The van der Waals surface area contributed by atoms with Crippen LogP contribution in [0.25, 0.3) is 0 Å². The molecule has 0 spiro atoms. The minimum Gasteiger partial charge on any atom is -0.316 e. The molecule has 0 aromatic carbocycles. The monoisotopic (exact) mass is 182 g/mol. The molecule has 1 atom stereocenters. The number of nitrogens with one attached hydrogen (secondary N) is 2. The average molecular weight is 182 g/mol. The van der Waals surface area contributed by atoms with Crippen LogP contribution in [-0.2, 0) is 0 Å². The molecule has 1 unspecified atom stereocenters. The molecular formula is C11H22N2. The third-order valence-corrected chi connectivity index (χ3v) is 3.48. The van der Waals surface area contributed by atoms with E-state index in [1.54, 1.807) is 0 Å². The van der Waals surface area contributed by atoms with Crippen molar-refractivity contribution in [1.82, 2.24) is 10.6 Å². The fourth-order valence-corrected chi connectivity index (χ4v) is 2.18. The van der Waals surface area contributed by atoms with Crippen molar-refractivity contribution < 1.29 is 0 Å². The predicted octanol–water partition coefficient (Wildman–Crippen LogP) is 1.37. The molecule has 76 valence electrons. The first-order valence-electron chi connectivity index (χ1n) is 5.62. The summed E-state index contributed by atoms with van der Waals surface area (Å²) in [6.45, 7) is 8.34. The second-order valence-electron chi connectivity index (χ2n) is 5.36. The number of piperidine rings is 1. The van der Waals surface area contributed by atoms with Gasteiger partial charge in [-0.2, -0.15) is 0 Å². The first-order chi connectivity index (χ1) is 6.18. The molecule has 1 saturated carbocycles. The second-order valence-corrected chi connectivity index (χ2v) is 5.36. The van der Waals surface area contributed by atoms with E-state index in [1.807, 2.05) is 0 Å². The standard InChI is InChI=1S/C11H22N2/c1-11(2)8-12-6-5-10(11)13-7-9-3-4-9/h9-10,12-13H,3-8H2,1-2H3. The lowest BCUT2D eigenvalue weighted by atomic mass is 9.80. The molecule has 1 aliphatic carbocycles. The van der Waals surface area contributed by atoms with Gasteiger partial charge in [-0.1, -0.05) is 13.8 Å². The summed E-state index contributed by atoms with van der Waals surface area (Å²) < 4.78 is 0. The summed E-state index contributed by atoms with van der Waals surface area (Å²) in [6.07, 6.45) is 4.20. The van der Waals surface area contributed by atoms with Crippen LogP contribution >= 0.6 is 0 Å². The van der Waals surface area contributed by atoms with Gasteiger partial charge in [-0.25, -0.2) is 0 Å². The highest BCUT2D eigenvalue weighted by Crippen LogP contribution is 2.30. The van der Waals surface area contributed by atoms with E-state index in [-0.39, 0.29) is 0 Å². The fourth-order valence-electron chi connectivity index (χ4n) is 2.18. The molecule has 2 rings (SSSR count). The smallest absolute Gasteiger partial charge is 0.0142 e. The Morgan fingerprint density at radius 1 is 1.31 bits per heavy atom. The van der Waals surface area contributed by atoms with Crippen LogP contribution < -0.4 is 10.6 Å². The molecule has 2 nitrogen and oxygen atoms in total. The molecule has 0 radical (unpaired) electrons. The third-order valence-electron chi connectivity index (χ3n) is 3.48. The Labute approximate surface area is 81.5 Å². The summed E-state index contributed by atoms with van der Waals surface area (Å²) in [6, 6.07) is 0.731. The minimum atomic E-state index is 0.438. The largest absolute Gasteiger partial charge is 0.316 e. The first-order valence-corrected chi connectivity index (χ1v) is 5.62. The maximum atomic E-state index is 3.73. The van der Waals surface area contributed by atoms with Crippen molar-refractivity contribution in [1.29, 1.82) is 0 Å². The molecule has 0 aromatic heterocycles. The van der Waals surface area contributed by atoms with E-state index in [0.717, 1.165) is 18.5 Å². The first kappa shape index (κ1) is 9.47. The van der Waals surface area contributed by atoms with Crippen molar-refractivity contribution in [3.8, 4) is 0 Å². The molecule has 1 saturated heterocycles. The summed E-state index contributed by atoms with van der Waals surface area (Å²) in [4.78, 5) is 0. The molecule has 0 aromatic rings. The zero-order valence-corrected chi connectivity index (χ0v) is 8.90. The van der Waals surface area contributed by atoms with E-state index in [9.17, 15) is 0 Å². The molecular weight excluding hydrogens is 160 g/mol. The van der Waals surface area contributed by atoms with Crippen LogP contribution in [0.1, 0.15) is 33.1 Å². The van der Waals surface area contributed by atoms with Gasteiger partial charge in [0, 0.05) is 12.6 Å². The van der Waals surface area contributed by atoms with Gasteiger partial charge in [0.15, 0.2) is 0 Å². The lowest BCUT2D eigenvalue weighted by Crippen LogP contribution is -2.53. The summed E-state index contributed by atoms with van der Waals surface area (Å²) >= 11 is 0. The zero-order valence-electron chi connectivity index (χ0n) is 8.90. The molecule has 2 aliphatic rings. The summed E-state index contributed by atoms with van der Waals surface area (Å²) in [5, 5.41) is 7.20. The van der Waals surface area contributed by atoms with Crippen LogP contribution in [0.2, 0.25) is 0 Å². The van der Waals surface area contributed by atoms with Gasteiger partial charge in [-0.3, -0.25) is 0 Å². The average Bonchev–Trinajstić information content (AvgIpc) is 2.85. The van der Waals surface area contributed by atoms with E-state index in [4.69, 9.17) is 0 Å². The normalized spacial score (nSPS) is 33.2. The Kier molecular flexibility index (Phi) is 2.61. The lowest BCUT2D eigenvalue weighted by Gasteiger charge is -2.39. The van der Waals surface area contributed by atoms with Crippen molar-refractivity contribution in [2.24, 2.45) is 11.3 Å². The molecule has 2 fully saturated rings. The molecule has 2 N–H and O–H groups in total. The Balaban J connectivity index is 1.79. The maximum absolute atomic E-state index is 3.73. The van der Waals surface area contributed by atoms with E-state index >= 15 is 0 Å². The van der Waals surface area contributed by atoms with Crippen LogP contribution in [0.4, 0.5) is 0 Å². The van der Waals surface area contributed by atoms with Gasteiger partial charge in [0.25, 0.3) is 0 Å². The van der Waals surface area contributed by atoms with Gasteiger partial charge >= 0.3 is 0 Å². The zero-order chi connectivity index (χ0) is 9.31. The van der Waals surface area contributed by atoms with Crippen LogP contribution in [0.3, 0.4) is 0 Å². The van der Waals surface area contributed by atoms with E-state index in [1.165, 1.54) is 32.4 Å². The summed E-state index contributed by atoms with van der Waals surface area (Å²) in [5.74, 6) is 1.01. The molecule has 0 bridgehead atoms. The summed E-state index contributed by atoms with van der Waals surface area (Å²) in [7, 11) is 0. The van der Waals surface area contributed by atoms with Crippen molar-refractivity contribution >= 4 is 0 Å². The van der Waals surface area contributed by atoms with Crippen LogP contribution in [0.15, 0.2) is 0 Å². The minimum absolute atomic E-state index is 0.438. The Bertz CT molecular complexity index is 173. The van der Waals surface area contributed by atoms with Crippen molar-refractivity contribution in [2.75, 3.05) is 19.6 Å². The van der Waals surface area contributed by atoms with Gasteiger partial charge in [-0.15, -0.1) is 0 Å². The van der Waals surface area contributed by atoms with E-state index in [2.05, 4.69) is 24.5 Å². The molecule has 1 aliphatic heterocycles. The third kappa shape index (κ3) is 2.44. The van der Waals surface area contributed by atoms with Gasteiger partial charge < -0.3 is 10.6 Å². The topological polar surface area (TPSA) is 24.1 Å².